The third kappa shape index (κ3) is 5.64. The summed E-state index contributed by atoms with van der Waals surface area (Å²) in [5.74, 6) is 0. The first-order valence-electron chi connectivity index (χ1n) is 11.7. The number of hydrogen-bond acceptors (Lipinski definition) is 0. The van der Waals surface area contributed by atoms with Crippen LogP contribution in [0.3, 0.4) is 0 Å². The largest absolute Gasteiger partial charge is 4.00 e. The van der Waals surface area contributed by atoms with Gasteiger partial charge in [0.25, 0.3) is 0 Å². The fourth-order valence-electron chi connectivity index (χ4n) is 4.99. The van der Waals surface area contributed by atoms with Gasteiger partial charge in [-0.2, -0.15) is 18.2 Å². The van der Waals surface area contributed by atoms with Crippen LogP contribution in [-0.2, 0) is 39.5 Å². The van der Waals surface area contributed by atoms with Crippen LogP contribution < -0.4 is 24.8 Å². The molecule has 0 saturated heterocycles. The first-order valence-corrected chi connectivity index (χ1v) is 15.9. The molecule has 1 heterocycles. The number of rotatable bonds is 1. The summed E-state index contributed by atoms with van der Waals surface area (Å²) in [6, 6.07) is 44.0. The molecule has 0 spiro atoms. The summed E-state index contributed by atoms with van der Waals surface area (Å²) in [6.45, 7) is 4.89. The van der Waals surface area contributed by atoms with Gasteiger partial charge in [0, 0.05) is 5.12 Å². The second-order valence-corrected chi connectivity index (χ2v) is 15.5. The Hall–Kier alpha value is -1.84. The van der Waals surface area contributed by atoms with Gasteiger partial charge in [0.2, 0.25) is 0 Å². The van der Waals surface area contributed by atoms with Gasteiger partial charge in [-0.25, -0.2) is 0 Å². The molecular formula is C32H26Cl2P2Zr. The average Bonchev–Trinajstić information content (AvgIpc) is 3.55. The average molecular weight is 635 g/mol. The molecule has 0 aliphatic heterocycles. The predicted molar refractivity (Wildman–Crippen MR) is 156 cm³/mol. The van der Waals surface area contributed by atoms with Gasteiger partial charge in [-0.05, 0) is 24.3 Å². The van der Waals surface area contributed by atoms with E-state index in [1.165, 1.54) is 43.4 Å². The van der Waals surface area contributed by atoms with E-state index in [1.54, 1.807) is 10.2 Å². The number of halogens is 2. The van der Waals surface area contributed by atoms with Crippen molar-refractivity contribution in [2.24, 2.45) is 13.3 Å². The fourth-order valence-corrected chi connectivity index (χ4v) is 10.0. The smallest absolute Gasteiger partial charge is 1.00 e. The molecule has 1 aromatic heterocycles. The molecule has 0 aliphatic carbocycles. The van der Waals surface area contributed by atoms with Crippen LogP contribution in [0.15, 0.2) is 121 Å². The summed E-state index contributed by atoms with van der Waals surface area (Å²) in [5, 5.41) is 11.5. The maximum absolute atomic E-state index is 2.44. The Morgan fingerprint density at radius 3 is 2.05 bits per heavy atom. The zero-order chi connectivity index (χ0) is 23.1. The molecule has 0 fully saturated rings. The Labute approximate surface area is 252 Å². The molecule has 2 bridgehead atoms. The van der Waals surface area contributed by atoms with Crippen molar-refractivity contribution in [1.82, 2.24) is 0 Å². The zero-order valence-electron chi connectivity index (χ0n) is 20.7. The van der Waals surface area contributed by atoms with Crippen molar-refractivity contribution in [2.75, 3.05) is 0 Å². The van der Waals surface area contributed by atoms with E-state index in [4.69, 9.17) is 0 Å². The Morgan fingerprint density at radius 1 is 0.568 bits per heavy atom. The van der Waals surface area contributed by atoms with Crippen molar-refractivity contribution in [3.63, 3.8) is 0 Å². The molecule has 7 aromatic rings. The van der Waals surface area contributed by atoms with Gasteiger partial charge in [-0.3, -0.25) is 0 Å². The normalized spacial score (nSPS) is 11.3. The van der Waals surface area contributed by atoms with E-state index in [-0.39, 0.29) is 65.4 Å². The van der Waals surface area contributed by atoms with E-state index >= 15 is 0 Å². The Bertz CT molecular complexity index is 1790. The summed E-state index contributed by atoms with van der Waals surface area (Å²) < 4.78 is 0. The molecule has 0 radical (unpaired) electrons. The third-order valence-corrected chi connectivity index (χ3v) is 13.9. The Balaban J connectivity index is 0.000000195. The van der Waals surface area contributed by atoms with Crippen LogP contribution in [0.5, 0.6) is 0 Å². The SMILES string of the molecule is Cp1c2cc3c(cccc3c3ccccc3p1C)[cH-]2.[Cl-].[Cl-].[Zr+4].c1ccc(-c2cccc3[cH-]ccc23)cc1. The van der Waals surface area contributed by atoms with E-state index in [1.807, 2.05) is 0 Å². The van der Waals surface area contributed by atoms with Gasteiger partial charge >= 0.3 is 26.2 Å². The van der Waals surface area contributed by atoms with Gasteiger partial charge < -0.3 is 24.8 Å². The molecule has 182 valence electrons. The molecule has 5 heteroatoms. The van der Waals surface area contributed by atoms with E-state index < -0.39 is 0 Å². The maximum Gasteiger partial charge on any atom is 4.00 e. The second-order valence-electron chi connectivity index (χ2n) is 8.79. The zero-order valence-corrected chi connectivity index (χ0v) is 26.5. The fraction of sp³-hybridized carbons (Fsp3) is 0.0625. The van der Waals surface area contributed by atoms with E-state index in [0.29, 0.717) is 0 Å². The molecular weight excluding hydrogens is 608 g/mol. The van der Waals surface area contributed by atoms with E-state index in [0.717, 1.165) is 0 Å². The minimum absolute atomic E-state index is 0. The van der Waals surface area contributed by atoms with Crippen LogP contribution in [-0.4, -0.2) is 0 Å². The number of benzene rings is 4. The summed E-state index contributed by atoms with van der Waals surface area (Å²) >= 11 is 0. The van der Waals surface area contributed by atoms with Crippen LogP contribution in [0, 0.1) is 0 Å². The van der Waals surface area contributed by atoms with Gasteiger partial charge in [0.15, 0.2) is 0 Å². The standard InChI is InChI=1S/C17H15P2.C15H11.2ClH.Zr/c1-18-13-10-12-6-5-8-14(16(12)11-13)15-7-3-4-9-17(15)19(18)2;1-2-6-12(7-3-1)14-10-4-8-13-9-5-11-15(13)14;;;/h3-11H,1-2H3;1-11H;2*1H;/q2*-1;;;+4/p-2. The summed E-state index contributed by atoms with van der Waals surface area (Å²) in [5.41, 5.74) is 2.60. The van der Waals surface area contributed by atoms with Crippen LogP contribution in [0.4, 0.5) is 0 Å². The third-order valence-electron chi connectivity index (χ3n) is 6.87. The Morgan fingerprint density at radius 2 is 1.24 bits per heavy atom. The minimum atomic E-state index is -0.0844. The summed E-state index contributed by atoms with van der Waals surface area (Å²) in [4.78, 5) is 0. The van der Waals surface area contributed by atoms with Crippen LogP contribution in [0.1, 0.15) is 0 Å². The first-order chi connectivity index (χ1) is 16.7. The van der Waals surface area contributed by atoms with E-state index in [2.05, 4.69) is 135 Å². The van der Waals surface area contributed by atoms with Crippen LogP contribution >= 0.6 is 14.4 Å². The van der Waals surface area contributed by atoms with Crippen LogP contribution in [0.25, 0.3) is 53.7 Å². The number of aryl methyl sites for hydroxylation is 2. The van der Waals surface area contributed by atoms with Gasteiger partial charge in [0.05, 0.1) is 0 Å². The van der Waals surface area contributed by atoms with Crippen molar-refractivity contribution < 1.29 is 51.0 Å². The maximum atomic E-state index is 2.44. The molecule has 6 aromatic carbocycles. The molecule has 2 unspecified atom stereocenters. The van der Waals surface area contributed by atoms with Gasteiger partial charge in [-0.1, -0.05) is 82.8 Å². The predicted octanol–water partition coefficient (Wildman–Crippen LogP) is 4.71. The number of hydrogen-bond donors (Lipinski definition) is 0. The molecule has 37 heavy (non-hydrogen) atoms. The quantitative estimate of drug-likeness (QED) is 0.230. The van der Waals surface area contributed by atoms with Crippen molar-refractivity contribution in [3.05, 3.63) is 121 Å². The topological polar surface area (TPSA) is 0 Å². The van der Waals surface area contributed by atoms with Gasteiger partial charge in [-0.15, -0.1) is 72.4 Å². The minimum Gasteiger partial charge on any atom is -1.00 e. The Kier molecular flexibility index (Phi) is 10.3. The van der Waals surface area contributed by atoms with Crippen molar-refractivity contribution in [3.8, 4) is 11.1 Å². The van der Waals surface area contributed by atoms with Crippen molar-refractivity contribution in [2.45, 2.75) is 0 Å². The summed E-state index contributed by atoms with van der Waals surface area (Å²) in [6.07, 6.45) is 0. The molecule has 0 saturated carbocycles. The molecule has 0 amide bonds. The second kappa shape index (κ2) is 12.8. The van der Waals surface area contributed by atoms with Crippen molar-refractivity contribution >= 4 is 57.0 Å². The number of fused-ring (bicyclic) bond motifs is 4. The van der Waals surface area contributed by atoms with E-state index in [9.17, 15) is 0 Å². The molecule has 0 aliphatic rings. The molecule has 2 atom stereocenters. The van der Waals surface area contributed by atoms with Crippen LogP contribution in [0.2, 0.25) is 0 Å². The molecule has 0 N–H and O–H groups in total. The summed E-state index contributed by atoms with van der Waals surface area (Å²) in [7, 11) is -0.145. The first kappa shape index (κ1) is 29.7. The molecule has 7 rings (SSSR count). The van der Waals surface area contributed by atoms with Gasteiger partial charge in [0.1, 0.15) is 0 Å². The van der Waals surface area contributed by atoms with Crippen molar-refractivity contribution in [1.29, 1.82) is 0 Å². The monoisotopic (exact) mass is 632 g/mol. The molecule has 0 nitrogen and oxygen atoms in total.